The van der Waals surface area contributed by atoms with Gasteiger partial charge in [0.25, 0.3) is 0 Å². The second-order valence-corrected chi connectivity index (χ2v) is 8.92. The fourth-order valence-corrected chi connectivity index (χ4v) is 4.95. The van der Waals surface area contributed by atoms with Crippen LogP contribution in [0.5, 0.6) is 11.5 Å². The lowest BCUT2D eigenvalue weighted by Gasteiger charge is -2.34. The number of aliphatic hydroxyl groups excluding tert-OH is 1. The van der Waals surface area contributed by atoms with Gasteiger partial charge in [0.05, 0.1) is 32.0 Å². The minimum atomic E-state index is 0.256. The summed E-state index contributed by atoms with van der Waals surface area (Å²) in [4.78, 5) is 13.9. The van der Waals surface area contributed by atoms with Gasteiger partial charge in [-0.3, -0.25) is 9.80 Å². The first kappa shape index (κ1) is 23.7. The maximum absolute atomic E-state index is 9.06. The highest BCUT2D eigenvalue weighted by Crippen LogP contribution is 2.39. The summed E-state index contributed by atoms with van der Waals surface area (Å²) in [5.41, 5.74) is 3.52. The Morgan fingerprint density at radius 1 is 1.00 bits per heavy atom. The normalized spacial score (nSPS) is 20.1. The molecule has 4 rings (SSSR count). The van der Waals surface area contributed by atoms with E-state index in [9.17, 15) is 0 Å². The third-order valence-electron chi connectivity index (χ3n) is 6.95. The van der Waals surface area contributed by atoms with Gasteiger partial charge in [0.1, 0.15) is 6.33 Å². The van der Waals surface area contributed by atoms with Crippen molar-refractivity contribution in [3.63, 3.8) is 0 Å². The van der Waals surface area contributed by atoms with Crippen LogP contribution in [0, 0.1) is 0 Å². The second kappa shape index (κ2) is 11.6. The lowest BCUT2D eigenvalue weighted by Crippen LogP contribution is -2.48. The van der Waals surface area contributed by atoms with Crippen LogP contribution in [-0.4, -0.2) is 91.5 Å². The van der Waals surface area contributed by atoms with E-state index in [0.717, 1.165) is 93.8 Å². The smallest absolute Gasteiger partial charge is 0.162 e. The van der Waals surface area contributed by atoms with Gasteiger partial charge >= 0.3 is 0 Å². The van der Waals surface area contributed by atoms with E-state index in [1.165, 1.54) is 5.57 Å². The van der Waals surface area contributed by atoms with E-state index in [0.29, 0.717) is 11.7 Å². The van der Waals surface area contributed by atoms with Crippen LogP contribution in [0.1, 0.15) is 37.3 Å². The van der Waals surface area contributed by atoms with Gasteiger partial charge in [-0.05, 0) is 37.9 Å². The average molecular weight is 456 g/mol. The average Bonchev–Trinajstić information content (AvgIpc) is 2.87. The van der Waals surface area contributed by atoms with Crippen molar-refractivity contribution in [2.75, 3.05) is 66.6 Å². The lowest BCUT2D eigenvalue weighted by molar-refractivity contribution is 0.114. The Bertz CT molecular complexity index is 933. The molecule has 0 atom stereocenters. The summed E-state index contributed by atoms with van der Waals surface area (Å²) < 4.78 is 10.9. The highest BCUT2D eigenvalue weighted by molar-refractivity contribution is 5.85. The summed E-state index contributed by atoms with van der Waals surface area (Å²) in [6.07, 6.45) is 8.29. The lowest BCUT2D eigenvalue weighted by atomic mass is 9.83. The van der Waals surface area contributed by atoms with Gasteiger partial charge in [-0.25, -0.2) is 9.97 Å². The Morgan fingerprint density at radius 3 is 2.33 bits per heavy atom. The molecule has 2 fully saturated rings. The zero-order chi connectivity index (χ0) is 23.0. The molecule has 2 heterocycles. The van der Waals surface area contributed by atoms with Gasteiger partial charge in [-0.15, -0.1) is 0 Å². The number of fused-ring (bicyclic) bond motifs is 1. The van der Waals surface area contributed by atoms with E-state index in [-0.39, 0.29) is 6.61 Å². The molecule has 1 aliphatic carbocycles. The topological polar surface area (TPSA) is 83.0 Å². The van der Waals surface area contributed by atoms with Crippen LogP contribution in [0.4, 0.5) is 0 Å². The first-order valence-corrected chi connectivity index (χ1v) is 12.0. The number of benzene rings is 1. The fourth-order valence-electron chi connectivity index (χ4n) is 4.95. The Hall–Kier alpha value is -2.42. The largest absolute Gasteiger partial charge is 0.493 e. The van der Waals surface area contributed by atoms with Crippen LogP contribution in [0.2, 0.25) is 0 Å². The molecule has 2 aliphatic rings. The van der Waals surface area contributed by atoms with Crippen molar-refractivity contribution in [1.29, 1.82) is 0 Å². The molecule has 0 radical (unpaired) electrons. The molecule has 33 heavy (non-hydrogen) atoms. The number of aromatic nitrogens is 2. The van der Waals surface area contributed by atoms with Gasteiger partial charge in [0.2, 0.25) is 0 Å². The highest BCUT2D eigenvalue weighted by atomic mass is 16.5. The van der Waals surface area contributed by atoms with Crippen LogP contribution in [0.15, 0.2) is 30.2 Å². The minimum Gasteiger partial charge on any atom is -0.493 e. The first-order chi connectivity index (χ1) is 16.2. The molecular weight excluding hydrogens is 418 g/mol. The summed E-state index contributed by atoms with van der Waals surface area (Å²) in [6, 6.07) is 3.95. The number of β-amino-alcohol motifs (C(OH)–C–C–N with tert-alkyl or cyclic N) is 1. The summed E-state index contributed by atoms with van der Waals surface area (Å²) >= 11 is 0. The second-order valence-electron chi connectivity index (χ2n) is 8.92. The Kier molecular flexibility index (Phi) is 8.36. The van der Waals surface area contributed by atoms with Gasteiger partial charge < -0.3 is 19.9 Å². The minimum absolute atomic E-state index is 0.256. The predicted molar refractivity (Wildman–Crippen MR) is 130 cm³/mol. The molecule has 2 aromatic rings. The van der Waals surface area contributed by atoms with Crippen molar-refractivity contribution in [3.05, 3.63) is 35.9 Å². The Balaban J connectivity index is 1.28. The number of rotatable bonds is 9. The molecule has 1 aromatic carbocycles. The maximum Gasteiger partial charge on any atom is 0.162 e. The van der Waals surface area contributed by atoms with Crippen molar-refractivity contribution in [1.82, 2.24) is 25.1 Å². The molecule has 1 saturated carbocycles. The van der Waals surface area contributed by atoms with Crippen LogP contribution in [-0.2, 0) is 0 Å². The van der Waals surface area contributed by atoms with E-state index in [4.69, 9.17) is 14.6 Å². The molecule has 180 valence electrons. The quantitative estimate of drug-likeness (QED) is 0.558. The van der Waals surface area contributed by atoms with Crippen molar-refractivity contribution < 1.29 is 14.6 Å². The van der Waals surface area contributed by atoms with Crippen LogP contribution in [0.3, 0.4) is 0 Å². The zero-order valence-electron chi connectivity index (χ0n) is 19.9. The van der Waals surface area contributed by atoms with Crippen molar-refractivity contribution >= 4 is 10.9 Å². The highest BCUT2D eigenvalue weighted by Gasteiger charge is 2.23. The number of hydrogen-bond donors (Lipinski definition) is 2. The van der Waals surface area contributed by atoms with Gasteiger partial charge in [-0.2, -0.15) is 0 Å². The Morgan fingerprint density at radius 2 is 1.67 bits per heavy atom. The molecular formula is C25H37N5O3. The summed E-state index contributed by atoms with van der Waals surface area (Å²) in [5.74, 6) is 1.85. The van der Waals surface area contributed by atoms with Crippen LogP contribution >= 0.6 is 0 Å². The SMILES string of the molecule is COc1cc2ncnc(C3CCC(=CNCCN4CCN(CCO)CC4)CC3)c2cc1OC. The monoisotopic (exact) mass is 455 g/mol. The number of ether oxygens (including phenoxy) is 2. The molecule has 2 N–H and O–H groups in total. The fraction of sp³-hybridized carbons (Fsp3) is 0.600. The molecule has 1 aromatic heterocycles. The number of nitrogens with one attached hydrogen (secondary N) is 1. The van der Waals surface area contributed by atoms with Crippen molar-refractivity contribution in [2.24, 2.45) is 0 Å². The molecule has 1 aliphatic heterocycles. The molecule has 1 saturated heterocycles. The van der Waals surface area contributed by atoms with E-state index in [1.54, 1.807) is 20.5 Å². The van der Waals surface area contributed by atoms with Crippen molar-refractivity contribution in [3.8, 4) is 11.5 Å². The van der Waals surface area contributed by atoms with E-state index >= 15 is 0 Å². The number of nitrogens with zero attached hydrogens (tertiary/aromatic N) is 4. The van der Waals surface area contributed by atoms with Crippen LogP contribution in [0.25, 0.3) is 10.9 Å². The van der Waals surface area contributed by atoms with E-state index in [1.807, 2.05) is 12.1 Å². The number of allylic oxidation sites excluding steroid dienone is 1. The molecule has 8 heteroatoms. The first-order valence-electron chi connectivity index (χ1n) is 12.0. The molecule has 0 amide bonds. The molecule has 0 spiro atoms. The van der Waals surface area contributed by atoms with E-state index < -0.39 is 0 Å². The molecule has 0 unspecified atom stereocenters. The van der Waals surface area contributed by atoms with Gasteiger partial charge in [0.15, 0.2) is 11.5 Å². The van der Waals surface area contributed by atoms with Gasteiger partial charge in [-0.1, -0.05) is 5.57 Å². The molecule has 0 bridgehead atoms. The summed E-state index contributed by atoms with van der Waals surface area (Å²) in [5, 5.41) is 13.7. The zero-order valence-corrected chi connectivity index (χ0v) is 19.9. The standard InChI is InChI=1S/C25H37N5O3/c1-32-23-15-21-22(16-24(23)33-2)27-18-28-25(21)20-5-3-19(4-6-20)17-26-7-8-29-9-11-30(12-10-29)13-14-31/h15-18,20,26,31H,3-14H2,1-2H3. The number of aliphatic hydroxyl groups is 1. The number of methoxy groups -OCH3 is 2. The molecule has 8 nitrogen and oxygen atoms in total. The summed E-state index contributed by atoms with van der Waals surface area (Å²) in [7, 11) is 3.31. The van der Waals surface area contributed by atoms with Gasteiger partial charge in [0, 0.05) is 63.2 Å². The third-order valence-corrected chi connectivity index (χ3v) is 6.95. The third kappa shape index (κ3) is 5.93. The number of piperazine rings is 1. The van der Waals surface area contributed by atoms with Crippen LogP contribution < -0.4 is 14.8 Å². The predicted octanol–water partition coefficient (Wildman–Crippen LogP) is 2.39. The number of hydrogen-bond acceptors (Lipinski definition) is 8. The van der Waals surface area contributed by atoms with Crippen molar-refractivity contribution in [2.45, 2.75) is 31.6 Å². The van der Waals surface area contributed by atoms with E-state index in [2.05, 4.69) is 31.3 Å². The maximum atomic E-state index is 9.06. The Labute approximate surface area is 196 Å². The summed E-state index contributed by atoms with van der Waals surface area (Å²) in [6.45, 7) is 7.38.